The lowest BCUT2D eigenvalue weighted by Gasteiger charge is -2.36. The van der Waals surface area contributed by atoms with E-state index in [1.807, 2.05) is 35.0 Å². The minimum atomic E-state index is -0.986. The molecule has 5 aromatic carbocycles. The standard InChI is InChI=1S/C43H38N6O2/c1-2-3-23-40-44-30-37(28-29-41(50)51)48(40)31-32-24-26-33(27-25-32)38-21-13-14-22-39(38)42-45-46-47-49(42)43(34-15-7-4-8-16-34,35-17-9-5-10-18-35)36-19-11-6-12-20-36/h4-22,24-30H,2-3,23,31H2,1H3,(H,50,51)/b29-28+. The first-order valence-electron chi connectivity index (χ1n) is 17.2. The van der Waals surface area contributed by atoms with E-state index in [2.05, 4.69) is 131 Å². The third kappa shape index (κ3) is 6.64. The Kier molecular flexibility index (Phi) is 9.74. The molecule has 2 heterocycles. The molecule has 2 aromatic heterocycles. The van der Waals surface area contributed by atoms with Crippen LogP contribution in [-0.4, -0.2) is 40.8 Å². The summed E-state index contributed by atoms with van der Waals surface area (Å²) in [5.74, 6) is 0.599. The smallest absolute Gasteiger partial charge is 0.328 e. The van der Waals surface area contributed by atoms with Gasteiger partial charge in [0, 0.05) is 24.6 Å². The average Bonchev–Trinajstić information content (AvgIpc) is 3.82. The van der Waals surface area contributed by atoms with Crippen LogP contribution >= 0.6 is 0 Å². The molecule has 8 heteroatoms. The largest absolute Gasteiger partial charge is 0.478 e. The normalized spacial score (nSPS) is 11.6. The van der Waals surface area contributed by atoms with Crippen LogP contribution in [0.1, 0.15) is 53.5 Å². The Balaban J connectivity index is 1.32. The number of carboxylic acids is 1. The fraction of sp³-hybridized carbons (Fsp3) is 0.140. The van der Waals surface area contributed by atoms with Gasteiger partial charge in [0.25, 0.3) is 0 Å². The van der Waals surface area contributed by atoms with Gasteiger partial charge in [-0.2, -0.15) is 0 Å². The van der Waals surface area contributed by atoms with Crippen LogP contribution in [0.15, 0.2) is 152 Å². The van der Waals surface area contributed by atoms with Crippen LogP contribution in [0.5, 0.6) is 0 Å². The number of rotatable bonds is 13. The lowest BCUT2D eigenvalue weighted by atomic mass is 9.77. The molecule has 0 unspecified atom stereocenters. The Bertz CT molecular complexity index is 2140. The number of nitrogens with zero attached hydrogens (tertiary/aromatic N) is 6. The van der Waals surface area contributed by atoms with E-state index >= 15 is 0 Å². The highest BCUT2D eigenvalue weighted by Crippen LogP contribution is 2.43. The lowest BCUT2D eigenvalue weighted by molar-refractivity contribution is -0.131. The summed E-state index contributed by atoms with van der Waals surface area (Å²) in [5.41, 5.74) is 7.01. The first-order valence-corrected chi connectivity index (χ1v) is 17.2. The van der Waals surface area contributed by atoms with E-state index in [-0.39, 0.29) is 0 Å². The van der Waals surface area contributed by atoms with Gasteiger partial charge in [-0.1, -0.05) is 153 Å². The van der Waals surface area contributed by atoms with E-state index in [4.69, 9.17) is 10.3 Å². The van der Waals surface area contributed by atoms with Crippen molar-refractivity contribution in [1.82, 2.24) is 29.8 Å². The fourth-order valence-corrected chi connectivity index (χ4v) is 6.82. The summed E-state index contributed by atoms with van der Waals surface area (Å²) < 4.78 is 4.06. The Morgan fingerprint density at radius 3 is 1.88 bits per heavy atom. The van der Waals surface area contributed by atoms with Crippen LogP contribution in [0, 0.1) is 0 Å². The van der Waals surface area contributed by atoms with Crippen LogP contribution in [0.3, 0.4) is 0 Å². The van der Waals surface area contributed by atoms with Gasteiger partial charge in [0.2, 0.25) is 0 Å². The van der Waals surface area contributed by atoms with Crippen LogP contribution in [-0.2, 0) is 23.3 Å². The summed E-state index contributed by atoms with van der Waals surface area (Å²) in [4.78, 5) is 15.9. The highest BCUT2D eigenvalue weighted by atomic mass is 16.4. The zero-order valence-electron chi connectivity index (χ0n) is 28.4. The predicted molar refractivity (Wildman–Crippen MR) is 200 cm³/mol. The van der Waals surface area contributed by atoms with Gasteiger partial charge in [-0.25, -0.2) is 14.5 Å². The van der Waals surface area contributed by atoms with Crippen LogP contribution in [0.2, 0.25) is 0 Å². The minimum Gasteiger partial charge on any atom is -0.478 e. The summed E-state index contributed by atoms with van der Waals surface area (Å²) >= 11 is 0. The van der Waals surface area contributed by atoms with Crippen molar-refractivity contribution in [2.75, 3.05) is 0 Å². The van der Waals surface area contributed by atoms with Crippen molar-refractivity contribution in [3.05, 3.63) is 186 Å². The number of aromatic nitrogens is 6. The lowest BCUT2D eigenvalue weighted by Crippen LogP contribution is -2.39. The molecule has 252 valence electrons. The molecule has 7 aromatic rings. The van der Waals surface area contributed by atoms with Crippen molar-refractivity contribution in [3.8, 4) is 22.5 Å². The summed E-state index contributed by atoms with van der Waals surface area (Å²) in [6.07, 6.45) is 7.41. The number of carboxylic acid groups (broad SMARTS) is 1. The first kappa shape index (κ1) is 33.1. The maximum Gasteiger partial charge on any atom is 0.328 e. The van der Waals surface area contributed by atoms with Crippen molar-refractivity contribution in [2.24, 2.45) is 0 Å². The van der Waals surface area contributed by atoms with E-state index < -0.39 is 11.5 Å². The monoisotopic (exact) mass is 670 g/mol. The molecule has 0 atom stereocenters. The van der Waals surface area contributed by atoms with Gasteiger partial charge in [0.1, 0.15) is 11.4 Å². The number of unbranched alkanes of at least 4 members (excludes halogenated alkanes) is 1. The third-order valence-electron chi connectivity index (χ3n) is 9.26. The Morgan fingerprint density at radius 2 is 1.31 bits per heavy atom. The topological polar surface area (TPSA) is 98.7 Å². The number of benzene rings is 5. The van der Waals surface area contributed by atoms with E-state index in [1.165, 1.54) is 0 Å². The highest BCUT2D eigenvalue weighted by Gasteiger charge is 2.42. The van der Waals surface area contributed by atoms with Crippen LogP contribution < -0.4 is 0 Å². The van der Waals surface area contributed by atoms with Gasteiger partial charge in [-0.3, -0.25) is 0 Å². The van der Waals surface area contributed by atoms with Gasteiger partial charge >= 0.3 is 5.97 Å². The first-order chi connectivity index (χ1) is 25.1. The number of aliphatic carboxylic acids is 1. The molecule has 8 nitrogen and oxygen atoms in total. The van der Waals surface area contributed by atoms with Gasteiger partial charge in [0.05, 0.1) is 11.9 Å². The SMILES string of the molecule is CCCCc1ncc(/C=C/C(=O)O)n1Cc1ccc(-c2ccccc2-c2nnnn2C(c2ccccc2)(c2ccccc2)c2ccccc2)cc1. The quantitative estimate of drug-likeness (QED) is 0.0976. The Labute approximate surface area is 297 Å². The third-order valence-corrected chi connectivity index (χ3v) is 9.26. The molecule has 0 saturated heterocycles. The molecule has 0 radical (unpaired) electrons. The number of aryl methyl sites for hydroxylation is 1. The van der Waals surface area contributed by atoms with E-state index in [1.54, 1.807) is 12.3 Å². The van der Waals surface area contributed by atoms with Crippen molar-refractivity contribution >= 4 is 12.0 Å². The molecule has 0 aliphatic carbocycles. The molecule has 0 bridgehead atoms. The zero-order valence-corrected chi connectivity index (χ0v) is 28.4. The maximum atomic E-state index is 11.3. The predicted octanol–water partition coefficient (Wildman–Crippen LogP) is 8.53. The summed E-state index contributed by atoms with van der Waals surface area (Å²) in [7, 11) is 0. The van der Waals surface area contributed by atoms with Gasteiger partial charge < -0.3 is 9.67 Å². The average molecular weight is 671 g/mol. The van der Waals surface area contributed by atoms with Gasteiger partial charge in [0.15, 0.2) is 5.82 Å². The molecular formula is C43H38N6O2. The van der Waals surface area contributed by atoms with Crippen LogP contribution in [0.25, 0.3) is 28.6 Å². The number of tetrazole rings is 1. The number of hydrogen-bond donors (Lipinski definition) is 1. The molecule has 0 fully saturated rings. The number of carbonyl (C=O) groups is 1. The van der Waals surface area contributed by atoms with Gasteiger partial charge in [-0.05, 0) is 56.3 Å². The second-order valence-electron chi connectivity index (χ2n) is 12.4. The molecule has 51 heavy (non-hydrogen) atoms. The second kappa shape index (κ2) is 15.0. The van der Waals surface area contributed by atoms with Crippen molar-refractivity contribution in [1.29, 1.82) is 0 Å². The summed E-state index contributed by atoms with van der Waals surface area (Å²) in [5, 5.41) is 23.0. The van der Waals surface area contributed by atoms with Crippen molar-refractivity contribution in [2.45, 2.75) is 38.3 Å². The molecule has 0 spiro atoms. The zero-order chi connectivity index (χ0) is 35.0. The molecule has 7 rings (SSSR count). The van der Waals surface area contributed by atoms with Crippen LogP contribution in [0.4, 0.5) is 0 Å². The highest BCUT2D eigenvalue weighted by molar-refractivity contribution is 5.85. The minimum absolute atomic E-state index is 0.576. The molecule has 0 aliphatic rings. The maximum absolute atomic E-state index is 11.3. The Hall–Kier alpha value is -6.41. The van der Waals surface area contributed by atoms with E-state index in [0.29, 0.717) is 12.4 Å². The summed E-state index contributed by atoms with van der Waals surface area (Å²) in [6.45, 7) is 2.73. The molecule has 1 N–H and O–H groups in total. The number of imidazole rings is 1. The second-order valence-corrected chi connectivity index (χ2v) is 12.4. The molecule has 0 amide bonds. The molecular weight excluding hydrogens is 633 g/mol. The van der Waals surface area contributed by atoms with Crippen molar-refractivity contribution in [3.63, 3.8) is 0 Å². The molecule has 0 saturated carbocycles. The van der Waals surface area contributed by atoms with Gasteiger partial charge in [-0.15, -0.1) is 5.10 Å². The molecule has 0 aliphatic heterocycles. The van der Waals surface area contributed by atoms with Crippen molar-refractivity contribution < 1.29 is 9.90 Å². The summed E-state index contributed by atoms with van der Waals surface area (Å²) in [6, 6.07) is 47.9. The Morgan fingerprint density at radius 1 is 0.745 bits per heavy atom. The number of hydrogen-bond acceptors (Lipinski definition) is 5. The fourth-order valence-electron chi connectivity index (χ4n) is 6.82. The van der Waals surface area contributed by atoms with E-state index in [9.17, 15) is 9.90 Å². The van der Waals surface area contributed by atoms with E-state index in [0.717, 1.165) is 75.8 Å².